The third-order valence-corrected chi connectivity index (χ3v) is 4.57. The van der Waals surface area contributed by atoms with E-state index in [-0.39, 0.29) is 12.1 Å². The van der Waals surface area contributed by atoms with Crippen LogP contribution in [0.15, 0.2) is 0 Å². The normalized spacial score (nSPS) is 30.6. The molecular formula is C12H25NO2S. The summed E-state index contributed by atoms with van der Waals surface area (Å²) in [6.07, 6.45) is 4.70. The van der Waals surface area contributed by atoms with E-state index in [1.165, 1.54) is 12.8 Å². The van der Waals surface area contributed by atoms with Crippen LogP contribution < -0.4 is 5.32 Å². The Morgan fingerprint density at radius 1 is 1.56 bits per heavy atom. The van der Waals surface area contributed by atoms with Crippen LogP contribution in [-0.2, 0) is 4.74 Å². The van der Waals surface area contributed by atoms with Gasteiger partial charge in [0.05, 0.1) is 13.2 Å². The molecule has 3 nitrogen and oxygen atoms in total. The zero-order valence-electron chi connectivity index (χ0n) is 10.5. The molecule has 1 aliphatic carbocycles. The molecule has 1 fully saturated rings. The van der Waals surface area contributed by atoms with Gasteiger partial charge in [0.1, 0.15) is 0 Å². The fourth-order valence-corrected chi connectivity index (χ4v) is 3.85. The molecule has 0 saturated heterocycles. The lowest BCUT2D eigenvalue weighted by molar-refractivity contribution is 0.125. The molecule has 2 N–H and O–H groups in total. The van der Waals surface area contributed by atoms with Crippen LogP contribution in [0.1, 0.15) is 32.6 Å². The van der Waals surface area contributed by atoms with Crippen molar-refractivity contribution in [1.29, 1.82) is 0 Å². The Morgan fingerprint density at radius 3 is 3.00 bits per heavy atom. The van der Waals surface area contributed by atoms with Gasteiger partial charge in [0.25, 0.3) is 0 Å². The summed E-state index contributed by atoms with van der Waals surface area (Å²) in [6, 6.07) is 0. The molecule has 1 aliphatic rings. The van der Waals surface area contributed by atoms with E-state index in [0.717, 1.165) is 31.7 Å². The van der Waals surface area contributed by atoms with Gasteiger partial charge in [-0.05, 0) is 25.8 Å². The molecule has 0 heterocycles. The van der Waals surface area contributed by atoms with Gasteiger partial charge >= 0.3 is 0 Å². The molecule has 0 bridgehead atoms. The highest BCUT2D eigenvalue weighted by Crippen LogP contribution is 2.34. The second kappa shape index (κ2) is 7.54. The van der Waals surface area contributed by atoms with Crippen molar-refractivity contribution in [2.45, 2.75) is 43.4 Å². The molecule has 4 heteroatoms. The topological polar surface area (TPSA) is 41.5 Å². The van der Waals surface area contributed by atoms with Gasteiger partial charge in [-0.1, -0.05) is 13.3 Å². The number of thioether (sulfide) groups is 1. The van der Waals surface area contributed by atoms with E-state index in [1.807, 2.05) is 11.8 Å². The number of rotatable bonds is 7. The first-order valence-corrected chi connectivity index (χ1v) is 7.27. The number of nitrogens with one attached hydrogen (secondary N) is 1. The second-order valence-corrected chi connectivity index (χ2v) is 5.96. The van der Waals surface area contributed by atoms with Crippen molar-refractivity contribution >= 4 is 11.8 Å². The molecule has 0 aliphatic heterocycles. The van der Waals surface area contributed by atoms with Crippen molar-refractivity contribution in [3.8, 4) is 0 Å². The molecule has 2 unspecified atom stereocenters. The number of ether oxygens (including phenoxy) is 1. The Bertz CT molecular complexity index is 188. The molecule has 0 spiro atoms. The SMILES string of the molecule is CCNC1(CO)CCCC(SCCOC)C1. The summed E-state index contributed by atoms with van der Waals surface area (Å²) in [5.41, 5.74) is -0.0161. The summed E-state index contributed by atoms with van der Waals surface area (Å²) in [5, 5.41) is 13.7. The Balaban J connectivity index is 2.38. The molecule has 0 aromatic rings. The minimum absolute atomic E-state index is 0.0161. The molecule has 1 saturated carbocycles. The van der Waals surface area contributed by atoms with Gasteiger partial charge in [0.2, 0.25) is 0 Å². The van der Waals surface area contributed by atoms with Crippen LogP contribution in [0.4, 0.5) is 0 Å². The van der Waals surface area contributed by atoms with E-state index < -0.39 is 0 Å². The number of aliphatic hydroxyl groups excluding tert-OH is 1. The average Bonchev–Trinajstić information content (AvgIpc) is 2.30. The van der Waals surface area contributed by atoms with Gasteiger partial charge < -0.3 is 15.2 Å². The molecule has 16 heavy (non-hydrogen) atoms. The van der Waals surface area contributed by atoms with Gasteiger partial charge in [0.15, 0.2) is 0 Å². The predicted octanol–water partition coefficient (Wildman–Crippen LogP) is 1.65. The Labute approximate surface area is 103 Å². The van der Waals surface area contributed by atoms with Gasteiger partial charge in [-0.25, -0.2) is 0 Å². The van der Waals surface area contributed by atoms with Crippen molar-refractivity contribution in [2.24, 2.45) is 0 Å². The van der Waals surface area contributed by atoms with Crippen molar-refractivity contribution in [3.63, 3.8) is 0 Å². The number of aliphatic hydroxyl groups is 1. The zero-order chi connectivity index (χ0) is 11.9. The maximum atomic E-state index is 9.57. The summed E-state index contributed by atoms with van der Waals surface area (Å²) < 4.78 is 5.07. The lowest BCUT2D eigenvalue weighted by Crippen LogP contribution is -2.52. The minimum Gasteiger partial charge on any atom is -0.394 e. The Kier molecular flexibility index (Phi) is 6.73. The van der Waals surface area contributed by atoms with Crippen LogP contribution in [0.5, 0.6) is 0 Å². The molecule has 96 valence electrons. The molecule has 2 atom stereocenters. The van der Waals surface area contributed by atoms with Crippen LogP contribution in [0.25, 0.3) is 0 Å². The maximum absolute atomic E-state index is 9.57. The van der Waals surface area contributed by atoms with Gasteiger partial charge in [-0.15, -0.1) is 0 Å². The molecule has 1 rings (SSSR count). The van der Waals surface area contributed by atoms with Crippen LogP contribution in [0.3, 0.4) is 0 Å². The summed E-state index contributed by atoms with van der Waals surface area (Å²) in [4.78, 5) is 0. The van der Waals surface area contributed by atoms with Crippen LogP contribution >= 0.6 is 11.8 Å². The van der Waals surface area contributed by atoms with Crippen molar-refractivity contribution in [2.75, 3.05) is 32.6 Å². The molecule has 0 amide bonds. The van der Waals surface area contributed by atoms with E-state index in [9.17, 15) is 5.11 Å². The van der Waals surface area contributed by atoms with Crippen molar-refractivity contribution in [1.82, 2.24) is 5.32 Å². The summed E-state index contributed by atoms with van der Waals surface area (Å²) in [7, 11) is 1.75. The monoisotopic (exact) mass is 247 g/mol. The van der Waals surface area contributed by atoms with Gasteiger partial charge in [0, 0.05) is 23.7 Å². The van der Waals surface area contributed by atoms with Crippen LogP contribution in [0, 0.1) is 0 Å². The van der Waals surface area contributed by atoms with E-state index in [4.69, 9.17) is 4.74 Å². The van der Waals surface area contributed by atoms with Crippen LogP contribution in [0.2, 0.25) is 0 Å². The van der Waals surface area contributed by atoms with E-state index in [0.29, 0.717) is 5.25 Å². The smallest absolute Gasteiger partial charge is 0.0613 e. The van der Waals surface area contributed by atoms with Gasteiger partial charge in [-0.3, -0.25) is 0 Å². The molecular weight excluding hydrogens is 222 g/mol. The highest BCUT2D eigenvalue weighted by molar-refractivity contribution is 7.99. The predicted molar refractivity (Wildman–Crippen MR) is 70.1 cm³/mol. The maximum Gasteiger partial charge on any atom is 0.0613 e. The van der Waals surface area contributed by atoms with E-state index in [1.54, 1.807) is 7.11 Å². The molecule has 0 aromatic heterocycles. The second-order valence-electron chi connectivity index (χ2n) is 4.55. The largest absolute Gasteiger partial charge is 0.394 e. The number of methoxy groups -OCH3 is 1. The van der Waals surface area contributed by atoms with E-state index in [2.05, 4.69) is 12.2 Å². The Morgan fingerprint density at radius 2 is 2.38 bits per heavy atom. The van der Waals surface area contributed by atoms with Crippen molar-refractivity contribution < 1.29 is 9.84 Å². The van der Waals surface area contributed by atoms with E-state index >= 15 is 0 Å². The summed E-state index contributed by atoms with van der Waals surface area (Å²) in [5.74, 6) is 1.06. The number of hydrogen-bond acceptors (Lipinski definition) is 4. The zero-order valence-corrected chi connectivity index (χ0v) is 11.3. The lowest BCUT2D eigenvalue weighted by Gasteiger charge is -2.40. The first-order valence-electron chi connectivity index (χ1n) is 6.23. The first-order chi connectivity index (χ1) is 7.76. The van der Waals surface area contributed by atoms with Crippen molar-refractivity contribution in [3.05, 3.63) is 0 Å². The summed E-state index contributed by atoms with van der Waals surface area (Å²) in [6.45, 7) is 4.14. The number of hydrogen-bond donors (Lipinski definition) is 2. The quantitative estimate of drug-likeness (QED) is 0.671. The third-order valence-electron chi connectivity index (χ3n) is 3.30. The minimum atomic E-state index is -0.0161. The van der Waals surface area contributed by atoms with Gasteiger partial charge in [-0.2, -0.15) is 11.8 Å². The summed E-state index contributed by atoms with van der Waals surface area (Å²) >= 11 is 1.99. The number of likely N-dealkylation sites (N-methyl/N-ethyl adjacent to an activating group) is 1. The molecule has 0 aromatic carbocycles. The first kappa shape index (κ1) is 14.3. The standard InChI is InChI=1S/C12H25NO2S/c1-3-13-12(10-14)6-4-5-11(9-12)16-8-7-15-2/h11,13-14H,3-10H2,1-2H3. The fourth-order valence-electron chi connectivity index (χ4n) is 2.48. The average molecular weight is 247 g/mol. The van der Waals surface area contributed by atoms with Crippen LogP contribution in [-0.4, -0.2) is 48.5 Å². The Hall–Kier alpha value is 0.230. The highest BCUT2D eigenvalue weighted by atomic mass is 32.2. The lowest BCUT2D eigenvalue weighted by atomic mass is 9.82. The highest BCUT2D eigenvalue weighted by Gasteiger charge is 2.34. The molecule has 0 radical (unpaired) electrons. The third kappa shape index (κ3) is 4.24. The fraction of sp³-hybridized carbons (Fsp3) is 1.00.